The van der Waals surface area contributed by atoms with Crippen LogP contribution >= 0.6 is 27.5 Å². The van der Waals surface area contributed by atoms with Crippen molar-refractivity contribution in [1.82, 2.24) is 5.32 Å². The Kier molecular flexibility index (Phi) is 5.19. The van der Waals surface area contributed by atoms with Gasteiger partial charge < -0.3 is 5.32 Å². The predicted octanol–water partition coefficient (Wildman–Crippen LogP) is 5.05. The van der Waals surface area contributed by atoms with E-state index in [1.807, 2.05) is 26.1 Å². The zero-order chi connectivity index (χ0) is 14.7. The van der Waals surface area contributed by atoms with Crippen LogP contribution in [-0.4, -0.2) is 7.05 Å². The maximum Gasteiger partial charge on any atom is 0.123 e. The van der Waals surface area contributed by atoms with Gasteiger partial charge in [0.15, 0.2) is 0 Å². The molecule has 0 aliphatic heterocycles. The van der Waals surface area contributed by atoms with E-state index in [0.29, 0.717) is 6.42 Å². The second-order valence-electron chi connectivity index (χ2n) is 4.79. The zero-order valence-corrected chi connectivity index (χ0v) is 13.7. The fraction of sp³-hybridized carbons (Fsp3) is 0.250. The lowest BCUT2D eigenvalue weighted by atomic mass is 9.98. The summed E-state index contributed by atoms with van der Waals surface area (Å²) in [7, 11) is 1.89. The molecule has 0 fully saturated rings. The minimum atomic E-state index is -0.222. The van der Waals surface area contributed by atoms with Gasteiger partial charge in [0.25, 0.3) is 0 Å². The summed E-state index contributed by atoms with van der Waals surface area (Å²) in [5, 5.41) is 4.01. The summed E-state index contributed by atoms with van der Waals surface area (Å²) < 4.78 is 14.3. The molecule has 1 N–H and O–H groups in total. The third-order valence-electron chi connectivity index (χ3n) is 3.38. The standard InChI is InChI=1S/C16H16BrClFN/c1-10-3-4-11(8-15(10)18)16(20-2)9-12-7-13(19)5-6-14(12)17/h3-8,16,20H,9H2,1-2H3. The maximum atomic E-state index is 13.4. The highest BCUT2D eigenvalue weighted by Gasteiger charge is 2.13. The number of benzene rings is 2. The Bertz CT molecular complexity index is 615. The molecule has 2 rings (SSSR count). The van der Waals surface area contributed by atoms with Crippen LogP contribution in [0, 0.1) is 12.7 Å². The van der Waals surface area contributed by atoms with E-state index < -0.39 is 0 Å². The van der Waals surface area contributed by atoms with Gasteiger partial charge in [-0.3, -0.25) is 0 Å². The van der Waals surface area contributed by atoms with E-state index in [1.165, 1.54) is 6.07 Å². The molecule has 4 heteroatoms. The second-order valence-corrected chi connectivity index (χ2v) is 6.05. The van der Waals surface area contributed by atoms with Crippen molar-refractivity contribution >= 4 is 27.5 Å². The summed E-state index contributed by atoms with van der Waals surface area (Å²) in [6.07, 6.45) is 0.689. The van der Waals surface area contributed by atoms with Crippen molar-refractivity contribution in [2.24, 2.45) is 0 Å². The number of rotatable bonds is 4. The largest absolute Gasteiger partial charge is 0.313 e. The molecule has 0 saturated carbocycles. The maximum absolute atomic E-state index is 13.4. The van der Waals surface area contributed by atoms with Crippen molar-refractivity contribution in [2.45, 2.75) is 19.4 Å². The molecular formula is C16H16BrClFN. The van der Waals surface area contributed by atoms with Gasteiger partial charge in [-0.15, -0.1) is 0 Å². The van der Waals surface area contributed by atoms with E-state index in [0.717, 1.165) is 26.2 Å². The number of likely N-dealkylation sites (N-methyl/N-ethyl adjacent to an activating group) is 1. The van der Waals surface area contributed by atoms with Gasteiger partial charge in [-0.25, -0.2) is 4.39 Å². The van der Waals surface area contributed by atoms with E-state index in [9.17, 15) is 4.39 Å². The molecular weight excluding hydrogens is 341 g/mol. The Balaban J connectivity index is 2.28. The first-order valence-electron chi connectivity index (χ1n) is 6.38. The van der Waals surface area contributed by atoms with E-state index in [-0.39, 0.29) is 11.9 Å². The van der Waals surface area contributed by atoms with E-state index in [1.54, 1.807) is 12.1 Å². The summed E-state index contributed by atoms with van der Waals surface area (Å²) in [6.45, 7) is 1.98. The van der Waals surface area contributed by atoms with Gasteiger partial charge in [0.1, 0.15) is 5.82 Å². The SMILES string of the molecule is CNC(Cc1cc(F)ccc1Br)c1ccc(C)c(Cl)c1. The first kappa shape index (κ1) is 15.5. The number of nitrogens with one attached hydrogen (secondary N) is 1. The summed E-state index contributed by atoms with van der Waals surface area (Å²) in [5.41, 5.74) is 3.08. The van der Waals surface area contributed by atoms with Crippen molar-refractivity contribution in [3.8, 4) is 0 Å². The Morgan fingerprint density at radius 2 is 2.00 bits per heavy atom. The van der Waals surface area contributed by atoms with Gasteiger partial charge in [0, 0.05) is 15.5 Å². The van der Waals surface area contributed by atoms with Gasteiger partial charge in [-0.1, -0.05) is 39.7 Å². The predicted molar refractivity (Wildman–Crippen MR) is 85.8 cm³/mol. The lowest BCUT2D eigenvalue weighted by Crippen LogP contribution is -2.19. The Morgan fingerprint density at radius 1 is 1.25 bits per heavy atom. The lowest BCUT2D eigenvalue weighted by Gasteiger charge is -2.18. The molecule has 0 heterocycles. The highest BCUT2D eigenvalue weighted by Crippen LogP contribution is 2.27. The molecule has 0 aliphatic carbocycles. The zero-order valence-electron chi connectivity index (χ0n) is 11.4. The van der Waals surface area contributed by atoms with Crippen LogP contribution in [0.5, 0.6) is 0 Å². The van der Waals surface area contributed by atoms with Gasteiger partial charge in [-0.2, -0.15) is 0 Å². The Hall–Kier alpha value is -0.900. The quantitative estimate of drug-likeness (QED) is 0.808. The monoisotopic (exact) mass is 355 g/mol. The van der Waals surface area contributed by atoms with Crippen LogP contribution in [0.3, 0.4) is 0 Å². The van der Waals surface area contributed by atoms with Crippen LogP contribution in [0.15, 0.2) is 40.9 Å². The molecule has 1 nitrogen and oxygen atoms in total. The second kappa shape index (κ2) is 6.70. The minimum absolute atomic E-state index is 0.0891. The number of aryl methyl sites for hydroxylation is 1. The van der Waals surface area contributed by atoms with Crippen molar-refractivity contribution in [2.75, 3.05) is 7.05 Å². The average Bonchev–Trinajstić information content (AvgIpc) is 2.43. The Labute approximate surface area is 132 Å². The third kappa shape index (κ3) is 3.60. The molecule has 1 unspecified atom stereocenters. The summed E-state index contributed by atoms with van der Waals surface area (Å²) in [5.74, 6) is -0.222. The van der Waals surface area contributed by atoms with E-state index in [4.69, 9.17) is 11.6 Å². The van der Waals surface area contributed by atoms with E-state index >= 15 is 0 Å². The average molecular weight is 357 g/mol. The van der Waals surface area contributed by atoms with Crippen LogP contribution in [0.1, 0.15) is 22.7 Å². The van der Waals surface area contributed by atoms with Crippen LogP contribution in [0.4, 0.5) is 4.39 Å². The first-order chi connectivity index (χ1) is 9.51. The highest BCUT2D eigenvalue weighted by molar-refractivity contribution is 9.10. The van der Waals surface area contributed by atoms with Gasteiger partial charge in [0.2, 0.25) is 0 Å². The van der Waals surface area contributed by atoms with Gasteiger partial charge in [0.05, 0.1) is 0 Å². The number of halogens is 3. The summed E-state index contributed by atoms with van der Waals surface area (Å²) >= 11 is 9.64. The smallest absolute Gasteiger partial charge is 0.123 e. The molecule has 20 heavy (non-hydrogen) atoms. The number of hydrogen-bond donors (Lipinski definition) is 1. The van der Waals surface area contributed by atoms with Gasteiger partial charge >= 0.3 is 0 Å². The molecule has 0 saturated heterocycles. The molecule has 0 aliphatic rings. The summed E-state index contributed by atoms with van der Waals surface area (Å²) in [4.78, 5) is 0. The van der Waals surface area contributed by atoms with E-state index in [2.05, 4.69) is 27.3 Å². The first-order valence-corrected chi connectivity index (χ1v) is 7.55. The van der Waals surface area contributed by atoms with Crippen LogP contribution in [0.2, 0.25) is 5.02 Å². The Morgan fingerprint density at radius 3 is 2.65 bits per heavy atom. The lowest BCUT2D eigenvalue weighted by molar-refractivity contribution is 0.583. The van der Waals surface area contributed by atoms with Crippen molar-refractivity contribution < 1.29 is 4.39 Å². The van der Waals surface area contributed by atoms with Crippen LogP contribution in [-0.2, 0) is 6.42 Å². The summed E-state index contributed by atoms with van der Waals surface area (Å²) in [6, 6.07) is 10.9. The minimum Gasteiger partial charge on any atom is -0.313 e. The molecule has 0 amide bonds. The highest BCUT2D eigenvalue weighted by atomic mass is 79.9. The molecule has 1 atom stereocenters. The van der Waals surface area contributed by atoms with Gasteiger partial charge in [-0.05, 0) is 61.3 Å². The molecule has 0 bridgehead atoms. The van der Waals surface area contributed by atoms with Crippen molar-refractivity contribution in [1.29, 1.82) is 0 Å². The third-order valence-corrected chi connectivity index (χ3v) is 4.56. The van der Waals surface area contributed by atoms with Crippen LogP contribution < -0.4 is 5.32 Å². The number of hydrogen-bond acceptors (Lipinski definition) is 1. The molecule has 0 spiro atoms. The van der Waals surface area contributed by atoms with Crippen molar-refractivity contribution in [3.63, 3.8) is 0 Å². The topological polar surface area (TPSA) is 12.0 Å². The van der Waals surface area contributed by atoms with Crippen LogP contribution in [0.25, 0.3) is 0 Å². The fourth-order valence-corrected chi connectivity index (χ4v) is 2.73. The molecule has 106 valence electrons. The van der Waals surface area contributed by atoms with Crippen molar-refractivity contribution in [3.05, 3.63) is 68.4 Å². The normalized spacial score (nSPS) is 12.4. The molecule has 0 radical (unpaired) electrons. The fourth-order valence-electron chi connectivity index (χ4n) is 2.13. The molecule has 2 aromatic rings. The molecule has 2 aromatic carbocycles. The molecule has 0 aromatic heterocycles.